The molecule has 0 spiro atoms. The standard InChI is InChI=1S/C20H15NO5/c22-18-12-14(20(24)25)9-10-17(18)21-19(23)13-5-4-8-16(11-13)26-15-6-2-1-3-7-15/h1-12,22H,(H,21,23)(H,24,25). The first-order chi connectivity index (χ1) is 12.5. The van der Waals surface area contributed by atoms with E-state index in [9.17, 15) is 14.7 Å². The van der Waals surface area contributed by atoms with Gasteiger partial charge in [-0.1, -0.05) is 24.3 Å². The van der Waals surface area contributed by atoms with Gasteiger partial charge in [-0.05, 0) is 48.5 Å². The highest BCUT2D eigenvalue weighted by Gasteiger charge is 2.12. The maximum Gasteiger partial charge on any atom is 0.335 e. The normalized spacial score (nSPS) is 10.2. The van der Waals surface area contributed by atoms with E-state index in [0.717, 1.165) is 6.07 Å². The minimum atomic E-state index is -1.16. The lowest BCUT2D eigenvalue weighted by Gasteiger charge is -2.10. The number of carbonyl (C=O) groups excluding carboxylic acids is 1. The fraction of sp³-hybridized carbons (Fsp3) is 0. The van der Waals surface area contributed by atoms with Crippen molar-refractivity contribution in [3.8, 4) is 17.2 Å². The Morgan fingerprint density at radius 3 is 2.23 bits per heavy atom. The second kappa shape index (κ2) is 7.40. The van der Waals surface area contributed by atoms with Gasteiger partial charge < -0.3 is 20.3 Å². The molecule has 0 aromatic heterocycles. The molecule has 0 unspecified atom stereocenters. The number of para-hydroxylation sites is 1. The lowest BCUT2D eigenvalue weighted by Crippen LogP contribution is -2.12. The molecule has 3 aromatic rings. The van der Waals surface area contributed by atoms with E-state index in [1.807, 2.05) is 18.2 Å². The minimum Gasteiger partial charge on any atom is -0.506 e. The van der Waals surface area contributed by atoms with Crippen LogP contribution in [-0.4, -0.2) is 22.1 Å². The van der Waals surface area contributed by atoms with Crippen molar-refractivity contribution in [1.82, 2.24) is 0 Å². The monoisotopic (exact) mass is 349 g/mol. The molecule has 0 atom stereocenters. The molecule has 0 radical (unpaired) electrons. The molecule has 26 heavy (non-hydrogen) atoms. The highest BCUT2D eigenvalue weighted by atomic mass is 16.5. The predicted octanol–water partition coefficient (Wildman–Crippen LogP) is 4.14. The number of ether oxygens (including phenoxy) is 1. The van der Waals surface area contributed by atoms with Gasteiger partial charge in [0.15, 0.2) is 0 Å². The molecule has 0 bridgehead atoms. The number of carbonyl (C=O) groups is 2. The van der Waals surface area contributed by atoms with E-state index in [-0.39, 0.29) is 17.0 Å². The van der Waals surface area contributed by atoms with Crippen LogP contribution in [-0.2, 0) is 0 Å². The van der Waals surface area contributed by atoms with Crippen LogP contribution in [0.4, 0.5) is 5.69 Å². The maximum absolute atomic E-state index is 12.4. The summed E-state index contributed by atoms with van der Waals surface area (Å²) in [6, 6.07) is 19.5. The molecule has 3 N–H and O–H groups in total. The average molecular weight is 349 g/mol. The van der Waals surface area contributed by atoms with Gasteiger partial charge in [-0.3, -0.25) is 4.79 Å². The van der Waals surface area contributed by atoms with Crippen LogP contribution < -0.4 is 10.1 Å². The molecule has 0 aliphatic heterocycles. The summed E-state index contributed by atoms with van der Waals surface area (Å²) in [6.07, 6.45) is 0. The van der Waals surface area contributed by atoms with E-state index in [2.05, 4.69) is 5.32 Å². The third kappa shape index (κ3) is 3.99. The second-order valence-corrected chi connectivity index (χ2v) is 5.43. The molecule has 0 aliphatic carbocycles. The number of carboxylic acid groups (broad SMARTS) is 1. The van der Waals surface area contributed by atoms with E-state index < -0.39 is 11.9 Å². The van der Waals surface area contributed by atoms with Crippen LogP contribution in [0.25, 0.3) is 0 Å². The number of carboxylic acids is 1. The van der Waals surface area contributed by atoms with Crippen LogP contribution >= 0.6 is 0 Å². The summed E-state index contributed by atoms with van der Waals surface area (Å²) in [7, 11) is 0. The SMILES string of the molecule is O=C(O)c1ccc(NC(=O)c2cccc(Oc3ccccc3)c2)c(O)c1. The number of benzene rings is 3. The maximum atomic E-state index is 12.4. The molecule has 0 heterocycles. The molecular formula is C20H15NO5. The van der Waals surface area contributed by atoms with Crippen LogP contribution in [0.5, 0.6) is 17.2 Å². The molecule has 0 aliphatic rings. The molecule has 6 nitrogen and oxygen atoms in total. The zero-order chi connectivity index (χ0) is 18.5. The average Bonchev–Trinajstić information content (AvgIpc) is 2.64. The van der Waals surface area contributed by atoms with Gasteiger partial charge in [-0.25, -0.2) is 4.79 Å². The number of anilines is 1. The minimum absolute atomic E-state index is 0.0706. The van der Waals surface area contributed by atoms with E-state index in [4.69, 9.17) is 9.84 Å². The Bertz CT molecular complexity index is 953. The van der Waals surface area contributed by atoms with Crippen LogP contribution in [0, 0.1) is 0 Å². The summed E-state index contributed by atoms with van der Waals surface area (Å²) in [4.78, 5) is 23.3. The smallest absolute Gasteiger partial charge is 0.335 e. The van der Waals surface area contributed by atoms with E-state index >= 15 is 0 Å². The summed E-state index contributed by atoms with van der Waals surface area (Å²) < 4.78 is 5.69. The lowest BCUT2D eigenvalue weighted by molar-refractivity contribution is 0.0696. The topological polar surface area (TPSA) is 95.9 Å². The summed E-state index contributed by atoms with van der Waals surface area (Å²) in [5.41, 5.74) is 0.383. The summed E-state index contributed by atoms with van der Waals surface area (Å²) in [6.45, 7) is 0. The van der Waals surface area contributed by atoms with Crippen molar-refractivity contribution in [2.24, 2.45) is 0 Å². The van der Waals surface area contributed by atoms with Gasteiger partial charge in [0.1, 0.15) is 17.2 Å². The number of rotatable bonds is 5. The number of nitrogens with one attached hydrogen (secondary N) is 1. The highest BCUT2D eigenvalue weighted by molar-refractivity contribution is 6.05. The van der Waals surface area contributed by atoms with E-state index in [1.54, 1.807) is 36.4 Å². The zero-order valence-corrected chi connectivity index (χ0v) is 13.5. The third-order valence-corrected chi connectivity index (χ3v) is 3.57. The quantitative estimate of drug-likeness (QED) is 0.602. The van der Waals surface area contributed by atoms with Crippen molar-refractivity contribution in [2.75, 3.05) is 5.32 Å². The fourth-order valence-corrected chi connectivity index (χ4v) is 2.29. The third-order valence-electron chi connectivity index (χ3n) is 3.57. The van der Waals surface area contributed by atoms with Crippen LogP contribution in [0.2, 0.25) is 0 Å². The Labute approximate surface area is 149 Å². The van der Waals surface area contributed by atoms with Gasteiger partial charge in [0.2, 0.25) is 0 Å². The van der Waals surface area contributed by atoms with Gasteiger partial charge in [-0.2, -0.15) is 0 Å². The highest BCUT2D eigenvalue weighted by Crippen LogP contribution is 2.26. The summed E-state index contributed by atoms with van der Waals surface area (Å²) in [5, 5.41) is 21.3. The number of aromatic hydroxyl groups is 1. The Morgan fingerprint density at radius 1 is 0.808 bits per heavy atom. The summed E-state index contributed by atoms with van der Waals surface area (Å²) in [5.74, 6) is -0.804. The molecule has 130 valence electrons. The van der Waals surface area contributed by atoms with Crippen molar-refractivity contribution < 1.29 is 24.5 Å². The molecule has 3 rings (SSSR count). The van der Waals surface area contributed by atoms with Crippen molar-refractivity contribution in [3.05, 3.63) is 83.9 Å². The molecule has 1 amide bonds. The summed E-state index contributed by atoms with van der Waals surface area (Å²) >= 11 is 0. The van der Waals surface area contributed by atoms with Crippen molar-refractivity contribution in [1.29, 1.82) is 0 Å². The van der Waals surface area contributed by atoms with Crippen LogP contribution in [0.1, 0.15) is 20.7 Å². The van der Waals surface area contributed by atoms with Crippen molar-refractivity contribution >= 4 is 17.6 Å². The zero-order valence-electron chi connectivity index (χ0n) is 13.5. The van der Waals surface area contributed by atoms with Gasteiger partial charge in [0, 0.05) is 5.56 Å². The molecule has 0 saturated heterocycles. The molecular weight excluding hydrogens is 334 g/mol. The number of amides is 1. The first-order valence-electron chi connectivity index (χ1n) is 7.73. The van der Waals surface area contributed by atoms with E-state index in [0.29, 0.717) is 17.1 Å². The van der Waals surface area contributed by atoms with Crippen LogP contribution in [0.15, 0.2) is 72.8 Å². The molecule has 3 aromatic carbocycles. The number of hydrogen-bond donors (Lipinski definition) is 3. The van der Waals surface area contributed by atoms with Gasteiger partial charge >= 0.3 is 5.97 Å². The van der Waals surface area contributed by atoms with Crippen molar-refractivity contribution in [3.63, 3.8) is 0 Å². The van der Waals surface area contributed by atoms with E-state index in [1.165, 1.54) is 12.1 Å². The molecule has 6 heteroatoms. The first kappa shape index (κ1) is 17.0. The Balaban J connectivity index is 1.76. The number of phenolic OH excluding ortho intramolecular Hbond substituents is 1. The van der Waals surface area contributed by atoms with Crippen LogP contribution in [0.3, 0.4) is 0 Å². The van der Waals surface area contributed by atoms with Gasteiger partial charge in [-0.15, -0.1) is 0 Å². The lowest BCUT2D eigenvalue weighted by atomic mass is 10.1. The largest absolute Gasteiger partial charge is 0.506 e. The first-order valence-corrected chi connectivity index (χ1v) is 7.73. The predicted molar refractivity (Wildman–Crippen MR) is 96.0 cm³/mol. The van der Waals surface area contributed by atoms with Crippen molar-refractivity contribution in [2.45, 2.75) is 0 Å². The molecule has 0 saturated carbocycles. The Kier molecular flexibility index (Phi) is 4.85. The second-order valence-electron chi connectivity index (χ2n) is 5.43. The van der Waals surface area contributed by atoms with Gasteiger partial charge in [0.25, 0.3) is 5.91 Å². The Hall–Kier alpha value is -3.80. The molecule has 0 fully saturated rings. The number of phenols is 1. The number of aromatic carboxylic acids is 1. The van der Waals surface area contributed by atoms with Gasteiger partial charge in [0.05, 0.1) is 11.3 Å². The number of hydrogen-bond acceptors (Lipinski definition) is 4. The Morgan fingerprint density at radius 2 is 1.54 bits per heavy atom. The fourth-order valence-electron chi connectivity index (χ4n) is 2.29.